The summed E-state index contributed by atoms with van der Waals surface area (Å²) in [5, 5.41) is 0. The Bertz CT molecular complexity index is 288. The summed E-state index contributed by atoms with van der Waals surface area (Å²) < 4.78 is 2.37. The molecule has 0 amide bonds. The fraction of sp³-hybridized carbons (Fsp3) is 0.636. The third-order valence-corrected chi connectivity index (χ3v) is 2.91. The molecule has 1 aliphatic rings. The van der Waals surface area contributed by atoms with Gasteiger partial charge in [-0.1, -0.05) is 6.92 Å². The summed E-state index contributed by atoms with van der Waals surface area (Å²) in [7, 11) is 0. The van der Waals surface area contributed by atoms with E-state index in [1.54, 1.807) is 0 Å². The van der Waals surface area contributed by atoms with Gasteiger partial charge < -0.3 is 10.3 Å². The Hall–Kier alpha value is -0.760. The van der Waals surface area contributed by atoms with Crippen molar-refractivity contribution in [3.8, 4) is 0 Å². The van der Waals surface area contributed by atoms with E-state index in [2.05, 4.69) is 23.8 Å². The van der Waals surface area contributed by atoms with Crippen LogP contribution >= 0.6 is 0 Å². The summed E-state index contributed by atoms with van der Waals surface area (Å²) in [6, 6.07) is 2.50. The molecule has 13 heavy (non-hydrogen) atoms. The van der Waals surface area contributed by atoms with Crippen LogP contribution in [0.4, 0.5) is 0 Å². The molecule has 2 heteroatoms. The van der Waals surface area contributed by atoms with E-state index in [-0.39, 0.29) is 0 Å². The Morgan fingerprint density at radius 1 is 1.62 bits per heavy atom. The van der Waals surface area contributed by atoms with Crippen molar-refractivity contribution in [2.24, 2.45) is 5.73 Å². The Labute approximate surface area is 79.7 Å². The summed E-state index contributed by atoms with van der Waals surface area (Å²) in [5.74, 6) is 0. The van der Waals surface area contributed by atoms with Crippen molar-refractivity contribution in [2.45, 2.75) is 45.2 Å². The number of aromatic nitrogens is 1. The highest BCUT2D eigenvalue weighted by Gasteiger charge is 2.19. The van der Waals surface area contributed by atoms with Crippen molar-refractivity contribution in [3.05, 3.63) is 23.5 Å². The van der Waals surface area contributed by atoms with Gasteiger partial charge in [0.05, 0.1) is 0 Å². The van der Waals surface area contributed by atoms with Crippen molar-refractivity contribution in [2.75, 3.05) is 0 Å². The van der Waals surface area contributed by atoms with E-state index in [0.717, 1.165) is 13.0 Å². The van der Waals surface area contributed by atoms with E-state index in [4.69, 9.17) is 5.73 Å². The molecule has 2 rings (SSSR count). The molecule has 0 saturated heterocycles. The summed E-state index contributed by atoms with van der Waals surface area (Å²) in [6.07, 6.45) is 7.02. The third kappa shape index (κ3) is 1.51. The van der Waals surface area contributed by atoms with Crippen molar-refractivity contribution < 1.29 is 0 Å². The van der Waals surface area contributed by atoms with Crippen LogP contribution in [0.2, 0.25) is 0 Å². The van der Waals surface area contributed by atoms with Crippen LogP contribution in [0.3, 0.4) is 0 Å². The quantitative estimate of drug-likeness (QED) is 0.739. The molecule has 1 atom stereocenters. The van der Waals surface area contributed by atoms with E-state index in [0.29, 0.717) is 6.04 Å². The molecule has 72 valence electrons. The molecular weight excluding hydrogens is 160 g/mol. The number of nitrogens with two attached hydrogens (primary N) is 1. The average Bonchev–Trinajstić information content (AvgIpc) is 2.51. The average molecular weight is 178 g/mol. The number of hydrogen-bond donors (Lipinski definition) is 1. The van der Waals surface area contributed by atoms with Gasteiger partial charge in [-0.05, 0) is 37.3 Å². The molecule has 0 aromatic carbocycles. The Balaban J connectivity index is 2.30. The van der Waals surface area contributed by atoms with Crippen LogP contribution in [0, 0.1) is 0 Å². The zero-order valence-electron chi connectivity index (χ0n) is 8.29. The van der Waals surface area contributed by atoms with Gasteiger partial charge >= 0.3 is 0 Å². The van der Waals surface area contributed by atoms with Gasteiger partial charge in [-0.15, -0.1) is 0 Å². The van der Waals surface area contributed by atoms with Gasteiger partial charge in [-0.25, -0.2) is 0 Å². The van der Waals surface area contributed by atoms with Crippen LogP contribution in [0.1, 0.15) is 43.5 Å². The van der Waals surface area contributed by atoms with E-state index in [9.17, 15) is 0 Å². The van der Waals surface area contributed by atoms with Gasteiger partial charge in [0.15, 0.2) is 0 Å². The lowest BCUT2D eigenvalue weighted by molar-refractivity contribution is 0.536. The van der Waals surface area contributed by atoms with Crippen molar-refractivity contribution in [1.29, 1.82) is 0 Å². The maximum absolute atomic E-state index is 6.04. The molecule has 1 unspecified atom stereocenters. The minimum absolute atomic E-state index is 0.293. The second kappa shape index (κ2) is 3.54. The van der Waals surface area contributed by atoms with E-state index >= 15 is 0 Å². The van der Waals surface area contributed by atoms with Gasteiger partial charge in [0, 0.05) is 24.5 Å². The van der Waals surface area contributed by atoms with Crippen LogP contribution in [0.15, 0.2) is 12.3 Å². The molecule has 2 N–H and O–H groups in total. The highest BCUT2D eigenvalue weighted by Crippen LogP contribution is 2.28. The van der Waals surface area contributed by atoms with Crippen LogP contribution in [0.5, 0.6) is 0 Å². The fourth-order valence-corrected chi connectivity index (χ4v) is 2.24. The first-order valence-corrected chi connectivity index (χ1v) is 5.26. The standard InChI is InChI=1S/C11H18N2/c1-2-7-13-8-6-9-10(12)4-3-5-11(9)13/h6,8,10H,2-5,7,12H2,1H3. The zero-order valence-corrected chi connectivity index (χ0v) is 8.29. The summed E-state index contributed by atoms with van der Waals surface area (Å²) in [6.45, 7) is 3.36. The van der Waals surface area contributed by atoms with Gasteiger partial charge in [-0.3, -0.25) is 0 Å². The predicted molar refractivity (Wildman–Crippen MR) is 54.6 cm³/mol. The lowest BCUT2D eigenvalue weighted by atomic mass is 9.94. The second-order valence-corrected chi connectivity index (χ2v) is 3.91. The molecule has 2 nitrogen and oxygen atoms in total. The lowest BCUT2D eigenvalue weighted by Crippen LogP contribution is -2.18. The maximum Gasteiger partial charge on any atom is 0.0312 e. The zero-order chi connectivity index (χ0) is 9.26. The smallest absolute Gasteiger partial charge is 0.0312 e. The van der Waals surface area contributed by atoms with Gasteiger partial charge in [-0.2, -0.15) is 0 Å². The van der Waals surface area contributed by atoms with E-state index in [1.807, 2.05) is 0 Å². The Morgan fingerprint density at radius 3 is 3.23 bits per heavy atom. The molecule has 0 spiro atoms. The number of hydrogen-bond acceptors (Lipinski definition) is 1. The molecule has 1 aromatic rings. The minimum atomic E-state index is 0.293. The molecule has 0 aliphatic heterocycles. The van der Waals surface area contributed by atoms with Gasteiger partial charge in [0.2, 0.25) is 0 Å². The Kier molecular flexibility index (Phi) is 2.40. The monoisotopic (exact) mass is 178 g/mol. The fourth-order valence-electron chi connectivity index (χ4n) is 2.24. The van der Waals surface area contributed by atoms with Crippen molar-refractivity contribution in [3.63, 3.8) is 0 Å². The first-order valence-electron chi connectivity index (χ1n) is 5.26. The van der Waals surface area contributed by atoms with Crippen LogP contribution in [0.25, 0.3) is 0 Å². The third-order valence-electron chi connectivity index (χ3n) is 2.91. The molecule has 0 fully saturated rings. The van der Waals surface area contributed by atoms with Crippen LogP contribution < -0.4 is 5.73 Å². The number of fused-ring (bicyclic) bond motifs is 1. The van der Waals surface area contributed by atoms with Crippen molar-refractivity contribution >= 4 is 0 Å². The molecule has 1 heterocycles. The molecule has 1 aliphatic carbocycles. The molecule has 0 radical (unpaired) electrons. The Morgan fingerprint density at radius 2 is 2.46 bits per heavy atom. The SMILES string of the molecule is CCCn1ccc2c1CCCC2N. The molecule has 1 aromatic heterocycles. The summed E-state index contributed by atoms with van der Waals surface area (Å²) in [4.78, 5) is 0. The largest absolute Gasteiger partial charge is 0.351 e. The van der Waals surface area contributed by atoms with Crippen LogP contribution in [-0.4, -0.2) is 4.57 Å². The van der Waals surface area contributed by atoms with Gasteiger partial charge in [0.1, 0.15) is 0 Å². The summed E-state index contributed by atoms with van der Waals surface area (Å²) >= 11 is 0. The summed E-state index contributed by atoms with van der Waals surface area (Å²) in [5.41, 5.74) is 8.92. The predicted octanol–water partition coefficient (Wildman–Crippen LogP) is 2.23. The first-order chi connectivity index (χ1) is 6.33. The lowest BCUT2D eigenvalue weighted by Gasteiger charge is -2.20. The molecule has 0 saturated carbocycles. The van der Waals surface area contributed by atoms with E-state index < -0.39 is 0 Å². The minimum Gasteiger partial charge on any atom is -0.351 e. The highest BCUT2D eigenvalue weighted by molar-refractivity contribution is 5.28. The van der Waals surface area contributed by atoms with Crippen molar-refractivity contribution in [1.82, 2.24) is 4.57 Å². The first kappa shape index (κ1) is 8.82. The normalized spacial score (nSPS) is 21.5. The number of rotatable bonds is 2. The topological polar surface area (TPSA) is 30.9 Å². The molecular formula is C11H18N2. The van der Waals surface area contributed by atoms with E-state index in [1.165, 1.54) is 30.5 Å². The number of aryl methyl sites for hydroxylation is 1. The maximum atomic E-state index is 6.04. The number of nitrogens with zero attached hydrogens (tertiary/aromatic N) is 1. The molecule has 0 bridgehead atoms. The van der Waals surface area contributed by atoms with Gasteiger partial charge in [0.25, 0.3) is 0 Å². The van der Waals surface area contributed by atoms with Crippen LogP contribution in [-0.2, 0) is 13.0 Å². The highest BCUT2D eigenvalue weighted by atomic mass is 15.0. The second-order valence-electron chi connectivity index (χ2n) is 3.91.